The molecule has 0 saturated carbocycles. The smallest absolute Gasteiger partial charge is 0.261 e. The highest BCUT2D eigenvalue weighted by molar-refractivity contribution is 7.92. The van der Waals surface area contributed by atoms with Crippen LogP contribution in [0.2, 0.25) is 10.0 Å². The van der Waals surface area contributed by atoms with Gasteiger partial charge >= 0.3 is 0 Å². The van der Waals surface area contributed by atoms with Crippen LogP contribution in [0.25, 0.3) is 0 Å². The molecular formula is C20H16Cl2N2O3S. The van der Waals surface area contributed by atoms with Crippen molar-refractivity contribution in [1.82, 2.24) is 0 Å². The summed E-state index contributed by atoms with van der Waals surface area (Å²) in [7, 11) is -3.77. The van der Waals surface area contributed by atoms with Crippen molar-refractivity contribution in [3.63, 3.8) is 0 Å². The summed E-state index contributed by atoms with van der Waals surface area (Å²) in [5.41, 5.74) is 1.92. The number of aryl methyl sites for hydroxylation is 1. The van der Waals surface area contributed by atoms with Crippen LogP contribution >= 0.6 is 23.2 Å². The van der Waals surface area contributed by atoms with E-state index in [-0.39, 0.29) is 21.5 Å². The maximum atomic E-state index is 12.5. The number of carbonyl (C=O) groups excluding carboxylic acids is 1. The van der Waals surface area contributed by atoms with Gasteiger partial charge in [0.25, 0.3) is 15.9 Å². The van der Waals surface area contributed by atoms with Gasteiger partial charge in [-0.1, -0.05) is 41.4 Å². The van der Waals surface area contributed by atoms with E-state index in [4.69, 9.17) is 23.2 Å². The Kier molecular flexibility index (Phi) is 5.93. The van der Waals surface area contributed by atoms with Crippen molar-refractivity contribution in [2.75, 3.05) is 10.0 Å². The van der Waals surface area contributed by atoms with Crippen molar-refractivity contribution in [3.8, 4) is 0 Å². The number of benzene rings is 3. The van der Waals surface area contributed by atoms with Crippen LogP contribution in [-0.4, -0.2) is 14.3 Å². The van der Waals surface area contributed by atoms with E-state index in [1.54, 1.807) is 36.4 Å². The molecule has 0 fully saturated rings. The summed E-state index contributed by atoms with van der Waals surface area (Å²) in [6.07, 6.45) is 0. The predicted molar refractivity (Wildman–Crippen MR) is 113 cm³/mol. The molecule has 0 spiro atoms. The second-order valence-electron chi connectivity index (χ2n) is 6.03. The zero-order valence-corrected chi connectivity index (χ0v) is 17.1. The molecule has 0 unspecified atom stereocenters. The SMILES string of the molecule is Cc1cc(Cl)ccc1NC(=O)c1ccc(NS(=O)(=O)c2ccccc2)c(Cl)c1. The number of halogens is 2. The maximum Gasteiger partial charge on any atom is 0.261 e. The van der Waals surface area contributed by atoms with Gasteiger partial charge in [-0.2, -0.15) is 0 Å². The van der Waals surface area contributed by atoms with Crippen LogP contribution in [0.5, 0.6) is 0 Å². The molecule has 8 heteroatoms. The second-order valence-corrected chi connectivity index (χ2v) is 8.55. The van der Waals surface area contributed by atoms with Gasteiger partial charge in [0.15, 0.2) is 0 Å². The van der Waals surface area contributed by atoms with E-state index < -0.39 is 10.0 Å². The Morgan fingerprint density at radius 3 is 2.21 bits per heavy atom. The Balaban J connectivity index is 1.79. The predicted octanol–water partition coefficient (Wildman–Crippen LogP) is 5.35. The highest BCUT2D eigenvalue weighted by Crippen LogP contribution is 2.27. The molecule has 0 atom stereocenters. The van der Waals surface area contributed by atoms with Crippen molar-refractivity contribution in [1.29, 1.82) is 0 Å². The lowest BCUT2D eigenvalue weighted by Gasteiger charge is -2.12. The van der Waals surface area contributed by atoms with E-state index in [2.05, 4.69) is 10.0 Å². The maximum absolute atomic E-state index is 12.5. The van der Waals surface area contributed by atoms with E-state index in [1.807, 2.05) is 6.92 Å². The molecule has 0 saturated heterocycles. The molecule has 3 aromatic rings. The molecule has 0 aliphatic rings. The normalized spacial score (nSPS) is 11.1. The molecule has 3 aromatic carbocycles. The first-order valence-corrected chi connectivity index (χ1v) is 10.4. The fourth-order valence-corrected chi connectivity index (χ4v) is 4.12. The lowest BCUT2D eigenvalue weighted by atomic mass is 10.1. The molecule has 1 amide bonds. The Labute approximate surface area is 173 Å². The molecule has 144 valence electrons. The number of hydrogen-bond donors (Lipinski definition) is 2. The lowest BCUT2D eigenvalue weighted by molar-refractivity contribution is 0.102. The van der Waals surface area contributed by atoms with Gasteiger partial charge in [-0.05, 0) is 61.0 Å². The molecular weight excluding hydrogens is 419 g/mol. The summed E-state index contributed by atoms with van der Waals surface area (Å²) < 4.78 is 27.3. The number of rotatable bonds is 5. The number of amides is 1. The van der Waals surface area contributed by atoms with E-state index in [0.717, 1.165) is 5.56 Å². The van der Waals surface area contributed by atoms with Gasteiger partial charge in [-0.25, -0.2) is 8.42 Å². The quantitative estimate of drug-likeness (QED) is 0.567. The summed E-state index contributed by atoms with van der Waals surface area (Å²) in [4.78, 5) is 12.6. The van der Waals surface area contributed by atoms with Gasteiger partial charge < -0.3 is 5.32 Å². The van der Waals surface area contributed by atoms with Gasteiger partial charge in [-0.15, -0.1) is 0 Å². The number of sulfonamides is 1. The average Bonchev–Trinajstić information content (AvgIpc) is 2.66. The van der Waals surface area contributed by atoms with E-state index in [0.29, 0.717) is 16.3 Å². The largest absolute Gasteiger partial charge is 0.322 e. The van der Waals surface area contributed by atoms with Crippen LogP contribution in [0.1, 0.15) is 15.9 Å². The van der Waals surface area contributed by atoms with Crippen molar-refractivity contribution in [2.45, 2.75) is 11.8 Å². The standard InChI is InChI=1S/C20H16Cl2N2O3S/c1-13-11-15(21)8-10-18(13)23-20(25)14-7-9-19(17(22)12-14)24-28(26,27)16-5-3-2-4-6-16/h2-12,24H,1H3,(H,23,25). The number of hydrogen-bond acceptors (Lipinski definition) is 3. The van der Waals surface area contributed by atoms with Crippen molar-refractivity contribution in [3.05, 3.63) is 87.9 Å². The minimum Gasteiger partial charge on any atom is -0.322 e. The first kappa shape index (κ1) is 20.2. The Morgan fingerprint density at radius 2 is 1.57 bits per heavy atom. The molecule has 2 N–H and O–H groups in total. The van der Waals surface area contributed by atoms with Gasteiger partial charge in [0, 0.05) is 16.3 Å². The first-order valence-electron chi connectivity index (χ1n) is 8.21. The van der Waals surface area contributed by atoms with Crippen LogP contribution in [-0.2, 0) is 10.0 Å². The van der Waals surface area contributed by atoms with E-state index >= 15 is 0 Å². The minimum atomic E-state index is -3.77. The van der Waals surface area contributed by atoms with Crippen LogP contribution in [0.4, 0.5) is 11.4 Å². The first-order chi connectivity index (χ1) is 13.3. The van der Waals surface area contributed by atoms with E-state index in [1.165, 1.54) is 30.3 Å². The molecule has 0 heterocycles. The zero-order valence-electron chi connectivity index (χ0n) is 14.7. The molecule has 0 aliphatic heterocycles. The Morgan fingerprint density at radius 1 is 0.893 bits per heavy atom. The third kappa shape index (κ3) is 4.65. The van der Waals surface area contributed by atoms with Crippen LogP contribution in [0, 0.1) is 6.92 Å². The highest BCUT2D eigenvalue weighted by Gasteiger charge is 2.17. The zero-order chi connectivity index (χ0) is 20.3. The summed E-state index contributed by atoms with van der Waals surface area (Å²) in [5.74, 6) is -0.371. The second kappa shape index (κ2) is 8.22. The molecule has 3 rings (SSSR count). The Bertz CT molecular complexity index is 1130. The fraction of sp³-hybridized carbons (Fsp3) is 0.0500. The van der Waals surface area contributed by atoms with Crippen LogP contribution in [0.3, 0.4) is 0 Å². The average molecular weight is 435 g/mol. The van der Waals surface area contributed by atoms with Gasteiger partial charge in [-0.3, -0.25) is 9.52 Å². The third-order valence-corrected chi connectivity index (χ3v) is 5.89. The monoisotopic (exact) mass is 434 g/mol. The topological polar surface area (TPSA) is 75.3 Å². The Hall–Kier alpha value is -2.54. The fourth-order valence-electron chi connectivity index (χ4n) is 2.50. The molecule has 0 aromatic heterocycles. The summed E-state index contributed by atoms with van der Waals surface area (Å²) in [6, 6.07) is 17.4. The summed E-state index contributed by atoms with van der Waals surface area (Å²) in [5, 5.41) is 3.47. The molecule has 0 radical (unpaired) electrons. The van der Waals surface area contributed by atoms with E-state index in [9.17, 15) is 13.2 Å². The summed E-state index contributed by atoms with van der Waals surface area (Å²) >= 11 is 12.1. The summed E-state index contributed by atoms with van der Waals surface area (Å²) in [6.45, 7) is 1.83. The van der Waals surface area contributed by atoms with Crippen molar-refractivity contribution >= 4 is 50.5 Å². The van der Waals surface area contributed by atoms with Crippen LogP contribution in [0.15, 0.2) is 71.6 Å². The highest BCUT2D eigenvalue weighted by atomic mass is 35.5. The third-order valence-electron chi connectivity index (χ3n) is 3.97. The molecule has 0 bridgehead atoms. The van der Waals surface area contributed by atoms with Gasteiger partial charge in [0.05, 0.1) is 15.6 Å². The number of anilines is 2. The molecule has 0 aliphatic carbocycles. The number of carbonyl (C=O) groups is 1. The van der Waals surface area contributed by atoms with Crippen molar-refractivity contribution < 1.29 is 13.2 Å². The number of nitrogens with one attached hydrogen (secondary N) is 2. The lowest BCUT2D eigenvalue weighted by Crippen LogP contribution is -2.15. The van der Waals surface area contributed by atoms with Gasteiger partial charge in [0.1, 0.15) is 0 Å². The molecule has 28 heavy (non-hydrogen) atoms. The van der Waals surface area contributed by atoms with Crippen LogP contribution < -0.4 is 10.0 Å². The molecule has 5 nitrogen and oxygen atoms in total. The van der Waals surface area contributed by atoms with Crippen molar-refractivity contribution in [2.24, 2.45) is 0 Å². The minimum absolute atomic E-state index is 0.111. The van der Waals surface area contributed by atoms with Gasteiger partial charge in [0.2, 0.25) is 0 Å².